The number of imidazole rings is 1. The highest BCUT2D eigenvalue weighted by atomic mass is 16.1. The second kappa shape index (κ2) is 6.91. The number of ketones is 1. The van der Waals surface area contributed by atoms with Crippen LogP contribution in [0.15, 0.2) is 54.9 Å². The monoisotopic (exact) mass is 360 g/mol. The average Bonchev–Trinajstić information content (AvgIpc) is 3.47. The number of rotatable bonds is 4. The van der Waals surface area contributed by atoms with Crippen molar-refractivity contribution in [1.82, 2.24) is 19.8 Å². The first-order chi connectivity index (χ1) is 13.3. The minimum Gasteiger partial charge on any atom is -0.315 e. The molecule has 0 amide bonds. The van der Waals surface area contributed by atoms with Crippen molar-refractivity contribution in [2.75, 3.05) is 19.6 Å². The molecule has 0 radical (unpaired) electrons. The van der Waals surface area contributed by atoms with Crippen LogP contribution in [0.25, 0.3) is 16.7 Å². The molecular weight excluding hydrogens is 336 g/mol. The topological polar surface area (TPSA) is 50.2 Å². The van der Waals surface area contributed by atoms with E-state index in [0.29, 0.717) is 6.04 Å². The summed E-state index contributed by atoms with van der Waals surface area (Å²) < 4.78 is 2.07. The van der Waals surface area contributed by atoms with Crippen molar-refractivity contribution < 1.29 is 4.79 Å². The van der Waals surface area contributed by atoms with Crippen LogP contribution in [-0.4, -0.2) is 52.0 Å². The minimum absolute atomic E-state index is 0.0369. The fraction of sp³-hybridized carbons (Fsp3) is 0.364. The van der Waals surface area contributed by atoms with Crippen molar-refractivity contribution in [3.05, 3.63) is 60.4 Å². The smallest absolute Gasteiger partial charge is 0.179 e. The number of carbonyl (C=O) groups excluding carboxylic acids is 1. The van der Waals surface area contributed by atoms with Gasteiger partial charge in [-0.15, -0.1) is 0 Å². The number of aromatic nitrogens is 2. The van der Waals surface area contributed by atoms with Gasteiger partial charge in [-0.1, -0.05) is 12.1 Å². The Morgan fingerprint density at radius 2 is 1.93 bits per heavy atom. The lowest BCUT2D eigenvalue weighted by Gasteiger charge is -2.29. The Hall–Kier alpha value is -2.50. The summed E-state index contributed by atoms with van der Waals surface area (Å²) in [6, 6.07) is 16.6. The molecule has 2 aliphatic rings. The molecule has 0 bridgehead atoms. The first-order valence-corrected chi connectivity index (χ1v) is 9.84. The molecule has 2 fully saturated rings. The van der Waals surface area contributed by atoms with Gasteiger partial charge in [0.1, 0.15) is 6.33 Å². The third kappa shape index (κ3) is 2.97. The van der Waals surface area contributed by atoms with E-state index in [0.717, 1.165) is 61.2 Å². The Balaban J connectivity index is 1.39. The van der Waals surface area contributed by atoms with Crippen molar-refractivity contribution >= 4 is 16.8 Å². The van der Waals surface area contributed by atoms with Crippen molar-refractivity contribution in [2.24, 2.45) is 0 Å². The van der Waals surface area contributed by atoms with E-state index in [2.05, 4.69) is 25.8 Å². The number of nitrogens with one attached hydrogen (secondary N) is 1. The van der Waals surface area contributed by atoms with E-state index >= 15 is 0 Å². The maximum Gasteiger partial charge on any atom is 0.179 e. The first-order valence-electron chi connectivity index (χ1n) is 9.84. The van der Waals surface area contributed by atoms with E-state index < -0.39 is 0 Å². The number of nitrogens with zero attached hydrogens (tertiary/aromatic N) is 3. The van der Waals surface area contributed by atoms with Crippen LogP contribution >= 0.6 is 0 Å². The standard InChI is InChI=1S/C22H24N4O/c27-22(21-6-3-13-25(21)18-11-12-23-14-18)16-7-9-17(10-8-16)26-15-24-19-4-1-2-5-20(19)26/h1-2,4-5,7-10,15,18,21,23H,3,6,11-14H2. The maximum atomic E-state index is 13.1. The van der Waals surface area contributed by atoms with Gasteiger partial charge in [0, 0.05) is 23.8 Å². The normalized spacial score (nSPS) is 23.3. The lowest BCUT2D eigenvalue weighted by Crippen LogP contribution is -2.44. The Morgan fingerprint density at radius 3 is 2.74 bits per heavy atom. The quantitative estimate of drug-likeness (QED) is 0.727. The molecule has 2 unspecified atom stereocenters. The van der Waals surface area contributed by atoms with Gasteiger partial charge in [0.25, 0.3) is 0 Å². The predicted molar refractivity (Wildman–Crippen MR) is 106 cm³/mol. The zero-order valence-corrected chi connectivity index (χ0v) is 15.3. The van der Waals surface area contributed by atoms with Crippen molar-refractivity contribution in [3.63, 3.8) is 0 Å². The molecule has 3 aromatic rings. The van der Waals surface area contributed by atoms with Gasteiger partial charge in [0.2, 0.25) is 0 Å². The van der Waals surface area contributed by atoms with Crippen LogP contribution in [0.2, 0.25) is 0 Å². The molecule has 138 valence electrons. The SMILES string of the molecule is O=C(c1ccc(-n2cnc3ccccc32)cc1)C1CCCN1C1CCNC1. The zero-order valence-electron chi connectivity index (χ0n) is 15.3. The lowest BCUT2D eigenvalue weighted by molar-refractivity contribution is 0.0826. The highest BCUT2D eigenvalue weighted by molar-refractivity contribution is 6.00. The second-order valence-electron chi connectivity index (χ2n) is 7.56. The molecule has 27 heavy (non-hydrogen) atoms. The number of likely N-dealkylation sites (tertiary alicyclic amines) is 1. The van der Waals surface area contributed by atoms with Crippen LogP contribution in [0.5, 0.6) is 0 Å². The summed E-state index contributed by atoms with van der Waals surface area (Å²) in [7, 11) is 0. The van der Waals surface area contributed by atoms with Crippen molar-refractivity contribution in [3.8, 4) is 5.69 Å². The fourth-order valence-electron chi connectivity index (χ4n) is 4.57. The summed E-state index contributed by atoms with van der Waals surface area (Å²) in [5.41, 5.74) is 3.89. The van der Waals surface area contributed by atoms with Gasteiger partial charge in [0.05, 0.1) is 17.1 Å². The number of hydrogen-bond acceptors (Lipinski definition) is 4. The third-order valence-corrected chi connectivity index (χ3v) is 5.98. The number of hydrogen-bond donors (Lipinski definition) is 1. The van der Waals surface area contributed by atoms with Crippen molar-refractivity contribution in [2.45, 2.75) is 31.3 Å². The molecule has 0 saturated carbocycles. The lowest BCUT2D eigenvalue weighted by atomic mass is 10.0. The highest BCUT2D eigenvalue weighted by Gasteiger charge is 2.36. The predicted octanol–water partition coefficient (Wildman–Crippen LogP) is 3.03. The van der Waals surface area contributed by atoms with E-state index in [1.807, 2.05) is 48.8 Å². The van der Waals surface area contributed by atoms with Crippen LogP contribution in [0.1, 0.15) is 29.6 Å². The van der Waals surface area contributed by atoms with Gasteiger partial charge in [-0.3, -0.25) is 14.3 Å². The average molecular weight is 360 g/mol. The molecule has 2 atom stereocenters. The molecule has 3 heterocycles. The summed E-state index contributed by atoms with van der Waals surface area (Å²) in [6.45, 7) is 3.12. The van der Waals surface area contributed by atoms with Gasteiger partial charge in [-0.25, -0.2) is 4.98 Å². The van der Waals surface area contributed by atoms with E-state index in [1.54, 1.807) is 0 Å². The Bertz CT molecular complexity index is 956. The van der Waals surface area contributed by atoms with E-state index in [4.69, 9.17) is 0 Å². The summed E-state index contributed by atoms with van der Waals surface area (Å²) in [5, 5.41) is 3.42. The molecular formula is C22H24N4O. The third-order valence-electron chi connectivity index (χ3n) is 5.98. The molecule has 1 N–H and O–H groups in total. The molecule has 0 spiro atoms. The number of para-hydroxylation sites is 2. The second-order valence-corrected chi connectivity index (χ2v) is 7.56. The van der Waals surface area contributed by atoms with Crippen LogP contribution < -0.4 is 5.32 Å². The summed E-state index contributed by atoms with van der Waals surface area (Å²) >= 11 is 0. The number of benzene rings is 2. The molecule has 5 rings (SSSR count). The highest BCUT2D eigenvalue weighted by Crippen LogP contribution is 2.26. The molecule has 2 aliphatic heterocycles. The van der Waals surface area contributed by atoms with Gasteiger partial charge in [0.15, 0.2) is 5.78 Å². The number of fused-ring (bicyclic) bond motifs is 1. The van der Waals surface area contributed by atoms with Gasteiger partial charge in [-0.2, -0.15) is 0 Å². The van der Waals surface area contributed by atoms with Crippen LogP contribution in [-0.2, 0) is 0 Å². The minimum atomic E-state index is 0.0369. The molecule has 2 aromatic carbocycles. The summed E-state index contributed by atoms with van der Waals surface area (Å²) in [6.07, 6.45) is 5.08. The fourth-order valence-corrected chi connectivity index (χ4v) is 4.57. The molecule has 5 nitrogen and oxygen atoms in total. The summed E-state index contributed by atoms with van der Waals surface area (Å²) in [5.74, 6) is 0.265. The van der Waals surface area contributed by atoms with Gasteiger partial charge < -0.3 is 5.32 Å². The van der Waals surface area contributed by atoms with Gasteiger partial charge >= 0.3 is 0 Å². The molecule has 1 aromatic heterocycles. The number of Topliss-reactive ketones (excluding diaryl/α,β-unsaturated/α-hetero) is 1. The Labute approximate surface area is 159 Å². The summed E-state index contributed by atoms with van der Waals surface area (Å²) in [4.78, 5) is 20.0. The maximum absolute atomic E-state index is 13.1. The molecule has 5 heteroatoms. The molecule has 2 saturated heterocycles. The number of carbonyl (C=O) groups is 1. The molecule has 0 aliphatic carbocycles. The van der Waals surface area contributed by atoms with Crippen LogP contribution in [0.3, 0.4) is 0 Å². The van der Waals surface area contributed by atoms with Crippen LogP contribution in [0, 0.1) is 0 Å². The van der Waals surface area contributed by atoms with E-state index in [9.17, 15) is 4.79 Å². The first kappa shape index (κ1) is 16.7. The van der Waals surface area contributed by atoms with E-state index in [1.165, 1.54) is 0 Å². The Morgan fingerprint density at radius 1 is 1.07 bits per heavy atom. The van der Waals surface area contributed by atoms with Crippen molar-refractivity contribution in [1.29, 1.82) is 0 Å². The Kier molecular flexibility index (Phi) is 4.26. The largest absolute Gasteiger partial charge is 0.315 e. The van der Waals surface area contributed by atoms with E-state index in [-0.39, 0.29) is 11.8 Å². The van der Waals surface area contributed by atoms with Gasteiger partial charge in [-0.05, 0) is 68.8 Å². The zero-order chi connectivity index (χ0) is 18.2. The van der Waals surface area contributed by atoms with Crippen LogP contribution in [0.4, 0.5) is 0 Å².